The molecule has 3 aromatic rings. The zero-order valence-electron chi connectivity index (χ0n) is 21.9. The van der Waals surface area contributed by atoms with Crippen LogP contribution in [0.25, 0.3) is 0 Å². The average Bonchev–Trinajstić information content (AvgIpc) is 2.97. The Morgan fingerprint density at radius 2 is 1.75 bits per heavy atom. The number of halogens is 1. The molecule has 4 rings (SSSR count). The summed E-state index contributed by atoms with van der Waals surface area (Å²) < 4.78 is 44.5. The van der Waals surface area contributed by atoms with Gasteiger partial charge in [0.25, 0.3) is 5.91 Å². The summed E-state index contributed by atoms with van der Waals surface area (Å²) in [6.45, 7) is -0.529. The van der Waals surface area contributed by atoms with Gasteiger partial charge in [-0.05, 0) is 60.2 Å². The van der Waals surface area contributed by atoms with E-state index < -0.39 is 22.2 Å². The number of carbonyl (C=O) groups is 1. The molecule has 0 saturated carbocycles. The molecule has 212 valence electrons. The lowest BCUT2D eigenvalue weighted by Crippen LogP contribution is -2.37. The van der Waals surface area contributed by atoms with Crippen LogP contribution in [-0.4, -0.2) is 63.4 Å². The highest BCUT2D eigenvalue weighted by Gasteiger charge is 2.30. The minimum atomic E-state index is -3.90. The van der Waals surface area contributed by atoms with Crippen molar-refractivity contribution in [2.24, 2.45) is 0 Å². The second kappa shape index (κ2) is 13.8. The van der Waals surface area contributed by atoms with Crippen molar-refractivity contribution >= 4 is 33.2 Å². The van der Waals surface area contributed by atoms with Gasteiger partial charge >= 0.3 is 0 Å². The summed E-state index contributed by atoms with van der Waals surface area (Å²) in [4.78, 5) is 13.1. The summed E-state index contributed by atoms with van der Waals surface area (Å²) in [5.41, 5.74) is 1.54. The fourth-order valence-corrected chi connectivity index (χ4v) is 5.76. The van der Waals surface area contributed by atoms with Crippen molar-refractivity contribution in [2.75, 3.05) is 38.7 Å². The van der Waals surface area contributed by atoms with Crippen molar-refractivity contribution in [3.05, 3.63) is 101 Å². The molecule has 0 bridgehead atoms. The van der Waals surface area contributed by atoms with Crippen LogP contribution in [0, 0.1) is 0 Å². The van der Waals surface area contributed by atoms with Gasteiger partial charge in [0.05, 0.1) is 25.2 Å². The van der Waals surface area contributed by atoms with Crippen LogP contribution in [0.15, 0.2) is 95.6 Å². The van der Waals surface area contributed by atoms with Gasteiger partial charge < -0.3 is 24.6 Å². The molecule has 0 aromatic heterocycles. The Morgan fingerprint density at radius 1 is 1.05 bits per heavy atom. The van der Waals surface area contributed by atoms with Gasteiger partial charge in [-0.1, -0.05) is 41.9 Å². The van der Waals surface area contributed by atoms with E-state index in [1.54, 1.807) is 42.5 Å². The van der Waals surface area contributed by atoms with E-state index in [4.69, 9.17) is 25.8 Å². The van der Waals surface area contributed by atoms with Crippen molar-refractivity contribution in [3.8, 4) is 5.75 Å². The standard InChI is InChI=1S/C29H31ClN2O7S/c1-37-25-11-13-26(14-12-25)40(35,36)32(15-17-33)16-18-38-28-20-22(21-7-9-23(30)10-8-21)19-27(39-28)29(34)31-24-5-3-2-4-6-24/h2-14,19,22,28,33H,15-18,20H2,1H3,(H,31,34)/t22-,28+/m0/s1. The van der Waals surface area contributed by atoms with E-state index in [0.29, 0.717) is 22.9 Å². The molecule has 0 aliphatic carbocycles. The number of aliphatic hydroxyl groups excluding tert-OH is 1. The molecule has 1 amide bonds. The fraction of sp³-hybridized carbons (Fsp3) is 0.276. The number of nitrogens with one attached hydrogen (secondary N) is 1. The number of ether oxygens (including phenoxy) is 3. The molecule has 1 aliphatic heterocycles. The zero-order valence-corrected chi connectivity index (χ0v) is 23.5. The van der Waals surface area contributed by atoms with Gasteiger partial charge in [-0.2, -0.15) is 4.31 Å². The van der Waals surface area contributed by atoms with Crippen LogP contribution in [-0.2, 0) is 24.3 Å². The van der Waals surface area contributed by atoms with Crippen LogP contribution >= 0.6 is 11.6 Å². The third kappa shape index (κ3) is 7.61. The molecule has 11 heteroatoms. The topological polar surface area (TPSA) is 114 Å². The van der Waals surface area contributed by atoms with Gasteiger partial charge in [0, 0.05) is 36.1 Å². The van der Waals surface area contributed by atoms with Gasteiger partial charge in [-0.3, -0.25) is 4.79 Å². The summed E-state index contributed by atoms with van der Waals surface area (Å²) in [5, 5.41) is 12.9. The van der Waals surface area contributed by atoms with E-state index in [9.17, 15) is 18.3 Å². The first-order valence-electron chi connectivity index (χ1n) is 12.7. The molecule has 0 radical (unpaired) electrons. The van der Waals surface area contributed by atoms with E-state index in [2.05, 4.69) is 5.32 Å². The molecule has 1 heterocycles. The lowest BCUT2D eigenvalue weighted by atomic mass is 9.93. The minimum Gasteiger partial charge on any atom is -0.497 e. The second-order valence-corrected chi connectivity index (χ2v) is 11.3. The van der Waals surface area contributed by atoms with Crippen LogP contribution in [0.5, 0.6) is 5.75 Å². The highest BCUT2D eigenvalue weighted by Crippen LogP contribution is 2.32. The van der Waals surface area contributed by atoms with Gasteiger partial charge in [0.1, 0.15) is 5.75 Å². The SMILES string of the molecule is COc1ccc(S(=O)(=O)N(CCO)CCO[C@H]2C[C@@H](c3ccc(Cl)cc3)C=C(C(=O)Nc3ccccc3)O2)cc1. The number of para-hydroxylation sites is 1. The number of carbonyl (C=O) groups excluding carboxylic acids is 1. The Hall–Kier alpha value is -3.41. The predicted octanol–water partition coefficient (Wildman–Crippen LogP) is 4.40. The first-order valence-corrected chi connectivity index (χ1v) is 14.5. The number of hydrogen-bond donors (Lipinski definition) is 2. The van der Waals surface area contributed by atoms with Gasteiger partial charge in [0.2, 0.25) is 16.3 Å². The van der Waals surface area contributed by atoms with Crippen LogP contribution < -0.4 is 10.1 Å². The largest absolute Gasteiger partial charge is 0.497 e. The quantitative estimate of drug-likeness (QED) is 0.323. The number of sulfonamides is 1. The number of methoxy groups -OCH3 is 1. The highest BCUT2D eigenvalue weighted by atomic mass is 35.5. The van der Waals surface area contributed by atoms with E-state index in [1.165, 1.54) is 19.2 Å². The smallest absolute Gasteiger partial charge is 0.290 e. The Balaban J connectivity index is 1.46. The Kier molecular flexibility index (Phi) is 10.2. The molecular weight excluding hydrogens is 556 g/mol. The Morgan fingerprint density at radius 3 is 2.40 bits per heavy atom. The van der Waals surface area contributed by atoms with Crippen molar-refractivity contribution in [1.82, 2.24) is 4.31 Å². The first-order chi connectivity index (χ1) is 19.3. The normalized spacial score (nSPS) is 17.1. The number of nitrogens with zero attached hydrogens (tertiary/aromatic N) is 1. The lowest BCUT2D eigenvalue weighted by Gasteiger charge is -2.30. The van der Waals surface area contributed by atoms with Gasteiger partial charge in [0.15, 0.2) is 5.76 Å². The molecule has 2 N–H and O–H groups in total. The average molecular weight is 587 g/mol. The number of amides is 1. The Labute approximate surface area is 239 Å². The zero-order chi connectivity index (χ0) is 28.5. The minimum absolute atomic E-state index is 0.0268. The van der Waals surface area contributed by atoms with Crippen LogP contribution in [0.3, 0.4) is 0 Å². The first kappa shape index (κ1) is 29.6. The van der Waals surface area contributed by atoms with E-state index in [1.807, 2.05) is 30.3 Å². The molecule has 0 fully saturated rings. The monoisotopic (exact) mass is 586 g/mol. The third-order valence-corrected chi connectivity index (χ3v) is 8.47. The van der Waals surface area contributed by atoms with Gasteiger partial charge in [-0.15, -0.1) is 0 Å². The highest BCUT2D eigenvalue weighted by molar-refractivity contribution is 7.89. The van der Waals surface area contributed by atoms with E-state index in [0.717, 1.165) is 9.87 Å². The summed E-state index contributed by atoms with van der Waals surface area (Å²) in [6, 6.07) is 22.3. The lowest BCUT2D eigenvalue weighted by molar-refractivity contribution is -0.143. The number of anilines is 1. The van der Waals surface area contributed by atoms with Gasteiger partial charge in [-0.25, -0.2) is 8.42 Å². The van der Waals surface area contributed by atoms with Crippen LogP contribution in [0.4, 0.5) is 5.69 Å². The van der Waals surface area contributed by atoms with Crippen molar-refractivity contribution in [1.29, 1.82) is 0 Å². The predicted molar refractivity (Wildman–Crippen MR) is 152 cm³/mol. The maximum absolute atomic E-state index is 13.2. The summed E-state index contributed by atoms with van der Waals surface area (Å²) in [5.74, 6) is -0.00877. The molecule has 1 aliphatic rings. The molecule has 2 atom stereocenters. The molecule has 0 saturated heterocycles. The van der Waals surface area contributed by atoms with Crippen molar-refractivity contribution in [3.63, 3.8) is 0 Å². The molecule has 0 spiro atoms. The maximum Gasteiger partial charge on any atom is 0.290 e. The van der Waals surface area contributed by atoms with E-state index >= 15 is 0 Å². The van der Waals surface area contributed by atoms with Crippen molar-refractivity contribution < 1.29 is 32.5 Å². The fourth-order valence-electron chi connectivity index (χ4n) is 4.22. The van der Waals surface area contributed by atoms with Crippen LogP contribution in [0.2, 0.25) is 5.02 Å². The third-order valence-electron chi connectivity index (χ3n) is 6.30. The maximum atomic E-state index is 13.2. The summed E-state index contributed by atoms with van der Waals surface area (Å²) in [7, 11) is -2.40. The van der Waals surface area contributed by atoms with E-state index in [-0.39, 0.29) is 42.9 Å². The molecule has 3 aromatic carbocycles. The molecule has 9 nitrogen and oxygen atoms in total. The summed E-state index contributed by atoms with van der Waals surface area (Å²) in [6.07, 6.45) is 1.32. The summed E-state index contributed by atoms with van der Waals surface area (Å²) >= 11 is 6.06. The van der Waals surface area contributed by atoms with Crippen molar-refractivity contribution in [2.45, 2.75) is 23.5 Å². The number of rotatable bonds is 12. The number of hydrogen-bond acceptors (Lipinski definition) is 7. The van der Waals surface area contributed by atoms with Crippen LogP contribution in [0.1, 0.15) is 17.9 Å². The number of allylic oxidation sites excluding steroid dienone is 1. The molecule has 40 heavy (non-hydrogen) atoms. The number of benzene rings is 3. The Bertz CT molecular complexity index is 1400. The second-order valence-electron chi connectivity index (χ2n) is 8.97. The number of aliphatic hydroxyl groups is 1. The molecular formula is C29H31ClN2O7S. The molecule has 0 unspecified atom stereocenters.